The van der Waals surface area contributed by atoms with E-state index in [1.54, 1.807) is 4.90 Å². The molecule has 0 spiro atoms. The molecule has 5 heteroatoms. The molecule has 2 fully saturated rings. The molecule has 2 N–H and O–H groups in total. The number of rotatable bonds is 1. The van der Waals surface area contributed by atoms with Gasteiger partial charge in [-0.1, -0.05) is 18.2 Å². The minimum atomic E-state index is -0.881. The number of fused-ring (bicyclic) bond motifs is 5. The summed E-state index contributed by atoms with van der Waals surface area (Å²) in [6, 6.07) is 7.57. The summed E-state index contributed by atoms with van der Waals surface area (Å²) in [7, 11) is 0. The van der Waals surface area contributed by atoms with Gasteiger partial charge in [0, 0.05) is 18.0 Å². The van der Waals surface area contributed by atoms with Crippen LogP contribution in [0.15, 0.2) is 24.3 Å². The summed E-state index contributed by atoms with van der Waals surface area (Å²) in [6.45, 7) is 0. The predicted molar refractivity (Wildman–Crippen MR) is 72.5 cm³/mol. The first-order chi connectivity index (χ1) is 9.66. The Morgan fingerprint density at radius 3 is 2.95 bits per heavy atom. The lowest BCUT2D eigenvalue weighted by Crippen LogP contribution is -2.57. The van der Waals surface area contributed by atoms with Crippen LogP contribution in [0.1, 0.15) is 30.7 Å². The van der Waals surface area contributed by atoms with Crippen molar-refractivity contribution in [2.75, 3.05) is 5.32 Å². The number of benzene rings is 1. The van der Waals surface area contributed by atoms with Crippen LogP contribution in [0.5, 0.6) is 0 Å². The molecule has 1 aromatic rings. The average Bonchev–Trinajstić information content (AvgIpc) is 2.99. The molecule has 3 heterocycles. The summed E-state index contributed by atoms with van der Waals surface area (Å²) in [5.41, 5.74) is 2.29. The van der Waals surface area contributed by atoms with Gasteiger partial charge in [-0.05, 0) is 24.5 Å². The minimum Gasteiger partial charge on any atom is -0.480 e. The van der Waals surface area contributed by atoms with Gasteiger partial charge in [0.05, 0.1) is 12.1 Å². The van der Waals surface area contributed by atoms with E-state index in [1.165, 1.54) is 5.56 Å². The first kappa shape index (κ1) is 11.8. The smallest absolute Gasteiger partial charge is 0.326 e. The zero-order chi connectivity index (χ0) is 13.9. The molecular weight excluding hydrogens is 256 g/mol. The fraction of sp³-hybridized carbons (Fsp3) is 0.467. The summed E-state index contributed by atoms with van der Waals surface area (Å²) in [5, 5.41) is 13.0. The molecule has 3 aliphatic heterocycles. The van der Waals surface area contributed by atoms with Crippen LogP contribution in [-0.4, -0.2) is 40.0 Å². The third-order valence-electron chi connectivity index (χ3n) is 4.93. The molecule has 1 aromatic carbocycles. The number of nitrogens with one attached hydrogen (secondary N) is 1. The van der Waals surface area contributed by atoms with Gasteiger partial charge >= 0.3 is 5.97 Å². The lowest BCUT2D eigenvalue weighted by Gasteiger charge is -2.42. The number of aliphatic carboxylic acids is 1. The Bertz CT molecular complexity index is 601. The Hall–Kier alpha value is -2.04. The number of amides is 1. The van der Waals surface area contributed by atoms with E-state index in [0.717, 1.165) is 12.1 Å². The van der Waals surface area contributed by atoms with Crippen molar-refractivity contribution in [2.45, 2.75) is 43.3 Å². The van der Waals surface area contributed by atoms with Crippen LogP contribution in [-0.2, 0) is 9.59 Å². The van der Waals surface area contributed by atoms with Crippen LogP contribution in [0, 0.1) is 0 Å². The maximum absolute atomic E-state index is 12.0. The number of hydrogen-bond donors (Lipinski definition) is 2. The Kier molecular flexibility index (Phi) is 2.34. The van der Waals surface area contributed by atoms with Crippen LogP contribution in [0.25, 0.3) is 0 Å². The maximum Gasteiger partial charge on any atom is 0.326 e. The Morgan fingerprint density at radius 2 is 2.15 bits per heavy atom. The molecule has 4 atom stereocenters. The molecule has 5 nitrogen and oxygen atoms in total. The molecule has 0 radical (unpaired) electrons. The highest BCUT2D eigenvalue weighted by molar-refractivity contribution is 5.86. The molecule has 104 valence electrons. The van der Waals surface area contributed by atoms with E-state index >= 15 is 0 Å². The number of hydrogen-bond acceptors (Lipinski definition) is 3. The molecule has 0 aliphatic carbocycles. The summed E-state index contributed by atoms with van der Waals surface area (Å²) < 4.78 is 0. The zero-order valence-electron chi connectivity index (χ0n) is 11.0. The van der Waals surface area contributed by atoms with Gasteiger partial charge in [-0.25, -0.2) is 4.79 Å². The molecule has 4 rings (SSSR count). The van der Waals surface area contributed by atoms with Crippen LogP contribution in [0.4, 0.5) is 5.69 Å². The Morgan fingerprint density at radius 1 is 1.35 bits per heavy atom. The van der Waals surface area contributed by atoms with Gasteiger partial charge in [0.25, 0.3) is 0 Å². The molecule has 0 unspecified atom stereocenters. The van der Waals surface area contributed by atoms with Crippen molar-refractivity contribution in [1.82, 2.24) is 4.90 Å². The predicted octanol–water partition coefficient (Wildman–Crippen LogP) is 1.41. The highest BCUT2D eigenvalue weighted by atomic mass is 16.4. The van der Waals surface area contributed by atoms with Crippen LogP contribution >= 0.6 is 0 Å². The summed E-state index contributed by atoms with van der Waals surface area (Å²) in [4.78, 5) is 25.2. The lowest BCUT2D eigenvalue weighted by molar-refractivity contribution is -0.152. The fourth-order valence-electron chi connectivity index (χ4n) is 4.12. The van der Waals surface area contributed by atoms with Gasteiger partial charge < -0.3 is 15.3 Å². The number of carbonyl (C=O) groups excluding carboxylic acids is 1. The molecule has 3 aliphatic rings. The number of para-hydroxylation sites is 1. The van der Waals surface area contributed by atoms with E-state index in [9.17, 15) is 14.7 Å². The number of anilines is 1. The van der Waals surface area contributed by atoms with Crippen LogP contribution in [0.3, 0.4) is 0 Å². The van der Waals surface area contributed by atoms with E-state index in [0.29, 0.717) is 12.8 Å². The highest BCUT2D eigenvalue weighted by Crippen LogP contribution is 2.47. The van der Waals surface area contributed by atoms with Crippen LogP contribution < -0.4 is 5.32 Å². The van der Waals surface area contributed by atoms with Crippen molar-refractivity contribution in [2.24, 2.45) is 0 Å². The standard InChI is InChI=1S/C15H16N2O3/c18-13-6-5-11-14-9(7-12(15(19)20)17(11)13)8-3-1-2-4-10(8)16-14/h1-4,9,11-12,14,16H,5-7H2,(H,19,20)/t9-,11-,12+,14+/m1/s1. The second kappa shape index (κ2) is 3.98. The van der Waals surface area contributed by atoms with Crippen LogP contribution in [0.2, 0.25) is 0 Å². The number of nitrogens with zero attached hydrogens (tertiary/aromatic N) is 1. The molecule has 2 saturated heterocycles. The summed E-state index contributed by atoms with van der Waals surface area (Å²) in [6.07, 6.45) is 1.73. The first-order valence-electron chi connectivity index (χ1n) is 7.06. The third-order valence-corrected chi connectivity index (χ3v) is 4.93. The molecule has 0 bridgehead atoms. The van der Waals surface area contributed by atoms with E-state index in [2.05, 4.69) is 11.4 Å². The lowest BCUT2D eigenvalue weighted by atomic mass is 9.80. The van der Waals surface area contributed by atoms with Crippen molar-refractivity contribution in [1.29, 1.82) is 0 Å². The largest absolute Gasteiger partial charge is 0.480 e. The molecule has 20 heavy (non-hydrogen) atoms. The van der Waals surface area contributed by atoms with Crippen molar-refractivity contribution in [3.63, 3.8) is 0 Å². The summed E-state index contributed by atoms with van der Waals surface area (Å²) >= 11 is 0. The minimum absolute atomic E-state index is 0.00903. The second-order valence-corrected chi connectivity index (χ2v) is 5.86. The first-order valence-corrected chi connectivity index (χ1v) is 7.06. The average molecular weight is 272 g/mol. The Labute approximate surface area is 116 Å². The maximum atomic E-state index is 12.0. The summed E-state index contributed by atoms with van der Waals surface area (Å²) in [5.74, 6) is -0.703. The molecule has 0 saturated carbocycles. The van der Waals surface area contributed by atoms with Gasteiger partial charge in [-0.15, -0.1) is 0 Å². The molecule has 1 amide bonds. The van der Waals surface area contributed by atoms with E-state index in [1.807, 2.05) is 18.2 Å². The zero-order valence-corrected chi connectivity index (χ0v) is 11.0. The number of carboxylic acids is 1. The van der Waals surface area contributed by atoms with Gasteiger partial charge in [0.2, 0.25) is 5.91 Å². The van der Waals surface area contributed by atoms with Crippen molar-refractivity contribution in [3.8, 4) is 0 Å². The second-order valence-electron chi connectivity index (χ2n) is 5.86. The van der Waals surface area contributed by atoms with Crippen molar-refractivity contribution >= 4 is 17.6 Å². The number of carboxylic acid groups (broad SMARTS) is 1. The van der Waals surface area contributed by atoms with Gasteiger partial charge in [-0.3, -0.25) is 4.79 Å². The SMILES string of the molecule is O=C(O)[C@@H]1C[C@@H]2c3ccccc3N[C@@H]2[C@H]2CCC(=O)N21. The van der Waals surface area contributed by atoms with Crippen molar-refractivity contribution < 1.29 is 14.7 Å². The monoisotopic (exact) mass is 272 g/mol. The third kappa shape index (κ3) is 1.43. The van der Waals surface area contributed by atoms with Gasteiger partial charge in [-0.2, -0.15) is 0 Å². The van der Waals surface area contributed by atoms with E-state index < -0.39 is 12.0 Å². The van der Waals surface area contributed by atoms with Crippen molar-refractivity contribution in [3.05, 3.63) is 29.8 Å². The van der Waals surface area contributed by atoms with E-state index in [4.69, 9.17) is 0 Å². The normalized spacial score (nSPS) is 34.2. The van der Waals surface area contributed by atoms with E-state index in [-0.39, 0.29) is 23.9 Å². The number of carbonyl (C=O) groups is 2. The Balaban J connectivity index is 1.76. The quantitative estimate of drug-likeness (QED) is 0.811. The molecule has 0 aromatic heterocycles. The topological polar surface area (TPSA) is 69.6 Å². The fourth-order valence-corrected chi connectivity index (χ4v) is 4.12. The molecular formula is C15H16N2O3. The van der Waals surface area contributed by atoms with Gasteiger partial charge in [0.15, 0.2) is 0 Å². The number of piperidine rings is 1. The van der Waals surface area contributed by atoms with Gasteiger partial charge in [0.1, 0.15) is 6.04 Å². The highest BCUT2D eigenvalue weighted by Gasteiger charge is 2.53.